The monoisotopic (exact) mass is 193 g/mol. The topological polar surface area (TPSA) is 13.1 Å². The zero-order chi connectivity index (χ0) is 10.3. The summed E-state index contributed by atoms with van der Waals surface area (Å²) in [6.45, 7) is 2.03. The second kappa shape index (κ2) is 3.16. The molecule has 0 fully saturated rings. The van der Waals surface area contributed by atoms with Crippen LogP contribution in [0.25, 0.3) is 21.9 Å². The molecular weight excluding hydrogens is 183 g/mol. The number of fused-ring (bicyclic) bond motifs is 3. The van der Waals surface area contributed by atoms with Gasteiger partial charge in [-0.3, -0.25) is 0 Å². The fourth-order valence-electron chi connectivity index (χ4n) is 2.00. The highest BCUT2D eigenvalue weighted by molar-refractivity contribution is 6.55. The molecule has 0 N–H and O–H groups in total. The van der Waals surface area contributed by atoms with Gasteiger partial charge >= 0.3 is 0 Å². The smallest absolute Gasteiger partial charge is 0.153 e. The van der Waals surface area contributed by atoms with E-state index in [0.717, 1.165) is 16.6 Å². The van der Waals surface area contributed by atoms with Crippen LogP contribution in [-0.2, 0) is 0 Å². The Morgan fingerprint density at radius 2 is 1.73 bits per heavy atom. The Hall–Kier alpha value is -1.70. The van der Waals surface area contributed by atoms with Gasteiger partial charge in [0.15, 0.2) is 7.28 Å². The van der Waals surface area contributed by atoms with E-state index in [2.05, 4.69) is 31.5 Å². The second-order valence-electron chi connectivity index (χ2n) is 3.61. The fraction of sp³-hybridized carbons (Fsp3) is 0.0769. The Balaban J connectivity index is 2.53. The number of hydrogen-bond donors (Lipinski definition) is 0. The van der Waals surface area contributed by atoms with Gasteiger partial charge in [0.25, 0.3) is 0 Å². The zero-order valence-electron chi connectivity index (χ0n) is 8.53. The van der Waals surface area contributed by atoms with Crippen molar-refractivity contribution in [3.8, 4) is 0 Å². The third-order valence-electron chi connectivity index (χ3n) is 2.75. The summed E-state index contributed by atoms with van der Waals surface area (Å²) in [5.41, 5.74) is 3.10. The Bertz CT molecular complexity index is 625. The van der Waals surface area contributed by atoms with Gasteiger partial charge < -0.3 is 4.42 Å². The molecule has 3 aromatic rings. The summed E-state index contributed by atoms with van der Waals surface area (Å²) in [6, 6.07) is 14.4. The van der Waals surface area contributed by atoms with Gasteiger partial charge in [-0.2, -0.15) is 0 Å². The highest BCUT2D eigenvalue weighted by Gasteiger charge is 2.08. The van der Waals surface area contributed by atoms with E-state index in [9.17, 15) is 0 Å². The van der Waals surface area contributed by atoms with Gasteiger partial charge in [0, 0.05) is 10.8 Å². The van der Waals surface area contributed by atoms with Crippen LogP contribution >= 0.6 is 0 Å². The van der Waals surface area contributed by atoms with E-state index < -0.39 is 0 Å². The first-order valence-electron chi connectivity index (χ1n) is 5.10. The van der Waals surface area contributed by atoms with Gasteiger partial charge in [-0.1, -0.05) is 43.2 Å². The molecule has 0 amide bonds. The maximum absolute atomic E-state index is 5.84. The molecule has 0 saturated carbocycles. The lowest BCUT2D eigenvalue weighted by molar-refractivity contribution is 0.671. The van der Waals surface area contributed by atoms with Gasteiger partial charge in [-0.05, 0) is 11.5 Å². The van der Waals surface area contributed by atoms with Gasteiger partial charge in [-0.15, -0.1) is 0 Å². The summed E-state index contributed by atoms with van der Waals surface area (Å²) in [5.74, 6) is 0. The van der Waals surface area contributed by atoms with Gasteiger partial charge in [-0.25, -0.2) is 0 Å². The zero-order valence-corrected chi connectivity index (χ0v) is 8.53. The highest BCUT2D eigenvalue weighted by atomic mass is 16.3. The molecule has 0 aliphatic rings. The molecular formula is C13H10BO. The normalized spacial score (nSPS) is 11.0. The lowest BCUT2D eigenvalue weighted by atomic mass is 9.73. The van der Waals surface area contributed by atoms with Crippen LogP contribution in [-0.4, -0.2) is 7.28 Å². The summed E-state index contributed by atoms with van der Waals surface area (Å²) in [6.07, 6.45) is 0. The average Bonchev–Trinajstić information content (AvgIpc) is 2.67. The van der Waals surface area contributed by atoms with E-state index in [1.807, 2.05) is 25.0 Å². The minimum Gasteiger partial charge on any atom is -0.457 e. The van der Waals surface area contributed by atoms with Gasteiger partial charge in [0.2, 0.25) is 0 Å². The van der Waals surface area contributed by atoms with Crippen LogP contribution in [0.2, 0.25) is 6.82 Å². The van der Waals surface area contributed by atoms with Crippen molar-refractivity contribution in [3.63, 3.8) is 0 Å². The summed E-state index contributed by atoms with van der Waals surface area (Å²) in [4.78, 5) is 0. The molecule has 0 bridgehead atoms. The molecule has 0 saturated heterocycles. The third kappa shape index (κ3) is 1.18. The van der Waals surface area contributed by atoms with Crippen LogP contribution in [0.1, 0.15) is 0 Å². The van der Waals surface area contributed by atoms with Crippen LogP contribution < -0.4 is 5.46 Å². The molecule has 15 heavy (non-hydrogen) atoms. The van der Waals surface area contributed by atoms with Crippen molar-refractivity contribution in [1.29, 1.82) is 0 Å². The van der Waals surface area contributed by atoms with E-state index in [1.54, 1.807) is 0 Å². The molecule has 0 aliphatic heterocycles. The first-order valence-corrected chi connectivity index (χ1v) is 5.10. The minimum absolute atomic E-state index is 0.960. The molecule has 1 heterocycles. The SMILES string of the molecule is C[B]c1cccc2c1oc1ccccc12. The lowest BCUT2D eigenvalue weighted by Gasteiger charge is -1.95. The predicted octanol–water partition coefficient (Wildman–Crippen LogP) is 2.96. The Morgan fingerprint density at radius 1 is 0.933 bits per heavy atom. The summed E-state index contributed by atoms with van der Waals surface area (Å²) in [7, 11) is 2.07. The van der Waals surface area contributed by atoms with Gasteiger partial charge in [0.1, 0.15) is 11.2 Å². The van der Waals surface area contributed by atoms with Crippen molar-refractivity contribution >= 4 is 34.7 Å². The Labute approximate surface area is 88.9 Å². The maximum atomic E-state index is 5.84. The van der Waals surface area contributed by atoms with Crippen LogP contribution in [0, 0.1) is 0 Å². The van der Waals surface area contributed by atoms with Crippen molar-refractivity contribution < 1.29 is 4.42 Å². The van der Waals surface area contributed by atoms with E-state index in [-0.39, 0.29) is 0 Å². The molecule has 1 radical (unpaired) electrons. The molecule has 1 nitrogen and oxygen atoms in total. The number of hydrogen-bond acceptors (Lipinski definition) is 1. The van der Waals surface area contributed by atoms with Crippen LogP contribution in [0.3, 0.4) is 0 Å². The standard InChI is InChI=1S/C13H10BO/c1-14-11-7-4-6-10-9-5-2-3-8-12(9)15-13(10)11/h2-8H,1H3. The minimum atomic E-state index is 0.960. The molecule has 71 valence electrons. The molecule has 0 atom stereocenters. The first-order chi connectivity index (χ1) is 7.40. The first kappa shape index (κ1) is 8.60. The molecule has 0 aliphatic carbocycles. The summed E-state index contributed by atoms with van der Waals surface area (Å²) in [5, 5.41) is 2.39. The largest absolute Gasteiger partial charge is 0.457 e. The highest BCUT2D eigenvalue weighted by Crippen LogP contribution is 2.26. The van der Waals surface area contributed by atoms with Crippen molar-refractivity contribution in [2.75, 3.05) is 0 Å². The van der Waals surface area contributed by atoms with Crippen molar-refractivity contribution in [2.45, 2.75) is 6.82 Å². The molecule has 3 rings (SSSR count). The predicted molar refractivity (Wildman–Crippen MR) is 65.0 cm³/mol. The second-order valence-corrected chi connectivity index (χ2v) is 3.61. The number of benzene rings is 2. The van der Waals surface area contributed by atoms with Crippen LogP contribution in [0.15, 0.2) is 46.9 Å². The molecule has 2 aromatic carbocycles. The molecule has 0 spiro atoms. The fourth-order valence-corrected chi connectivity index (χ4v) is 2.00. The molecule has 2 heteroatoms. The van der Waals surface area contributed by atoms with E-state index in [0.29, 0.717) is 0 Å². The molecule has 0 unspecified atom stereocenters. The maximum Gasteiger partial charge on any atom is 0.153 e. The van der Waals surface area contributed by atoms with Crippen molar-refractivity contribution in [3.05, 3.63) is 42.5 Å². The number of para-hydroxylation sites is 2. The Morgan fingerprint density at radius 3 is 2.60 bits per heavy atom. The number of furan rings is 1. The quantitative estimate of drug-likeness (QED) is 0.541. The summed E-state index contributed by atoms with van der Waals surface area (Å²) >= 11 is 0. The van der Waals surface area contributed by atoms with E-state index in [4.69, 9.17) is 4.42 Å². The van der Waals surface area contributed by atoms with E-state index >= 15 is 0 Å². The van der Waals surface area contributed by atoms with Gasteiger partial charge in [0.05, 0.1) is 0 Å². The average molecular weight is 193 g/mol. The van der Waals surface area contributed by atoms with Crippen molar-refractivity contribution in [2.24, 2.45) is 0 Å². The van der Waals surface area contributed by atoms with Crippen molar-refractivity contribution in [1.82, 2.24) is 0 Å². The molecule has 1 aromatic heterocycles. The summed E-state index contributed by atoms with van der Waals surface area (Å²) < 4.78 is 5.84. The Kier molecular flexibility index (Phi) is 1.81. The van der Waals surface area contributed by atoms with E-state index in [1.165, 1.54) is 10.8 Å². The number of rotatable bonds is 1. The van der Waals surface area contributed by atoms with Crippen LogP contribution in [0.4, 0.5) is 0 Å². The van der Waals surface area contributed by atoms with Crippen LogP contribution in [0.5, 0.6) is 0 Å². The lowest BCUT2D eigenvalue weighted by Crippen LogP contribution is -2.09. The third-order valence-corrected chi connectivity index (χ3v) is 2.75.